The van der Waals surface area contributed by atoms with Gasteiger partial charge in [0.05, 0.1) is 28.4 Å². The van der Waals surface area contributed by atoms with Crippen LogP contribution in [-0.2, 0) is 15.7 Å². The van der Waals surface area contributed by atoms with Gasteiger partial charge in [0.25, 0.3) is 0 Å². The molecule has 5 heteroatoms. The maximum Gasteiger partial charge on any atom is 0.143 e. The summed E-state index contributed by atoms with van der Waals surface area (Å²) in [5.74, 6) is 0. The molecule has 1 aliphatic rings. The van der Waals surface area contributed by atoms with Crippen LogP contribution in [0.25, 0.3) is 0 Å². The summed E-state index contributed by atoms with van der Waals surface area (Å²) in [6.45, 7) is 6.50. The van der Waals surface area contributed by atoms with Crippen molar-refractivity contribution in [2.75, 3.05) is 13.2 Å². The van der Waals surface area contributed by atoms with Crippen molar-refractivity contribution in [2.24, 2.45) is 0 Å². The van der Waals surface area contributed by atoms with E-state index in [4.69, 9.17) is 10.00 Å². The van der Waals surface area contributed by atoms with E-state index in [0.29, 0.717) is 19.6 Å². The molecule has 80 valence electrons. The summed E-state index contributed by atoms with van der Waals surface area (Å²) >= 11 is 0. The van der Waals surface area contributed by atoms with Crippen LogP contribution in [0.3, 0.4) is 0 Å². The molecule has 1 rings (SSSR count). The summed E-state index contributed by atoms with van der Waals surface area (Å²) in [4.78, 5) is 0. The van der Waals surface area contributed by atoms with Gasteiger partial charge in [-0.3, -0.25) is 0 Å². The van der Waals surface area contributed by atoms with Crippen LogP contribution in [-0.4, -0.2) is 27.7 Å². The monoisotopic (exact) mass is 216 g/mol. The van der Waals surface area contributed by atoms with Gasteiger partial charge in [0, 0.05) is 13.0 Å². The summed E-state index contributed by atoms with van der Waals surface area (Å²) < 4.78 is 19.4. The summed E-state index contributed by atoms with van der Waals surface area (Å²) in [5, 5.41) is 9.00. The largest absolute Gasteiger partial charge is 0.378 e. The van der Waals surface area contributed by atoms with E-state index in [-0.39, 0.29) is 4.75 Å². The number of nitrogens with one attached hydrogen (secondary N) is 1. The zero-order chi connectivity index (χ0) is 10.8. The van der Waals surface area contributed by atoms with E-state index < -0.39 is 16.5 Å². The highest BCUT2D eigenvalue weighted by atomic mass is 32.2. The van der Waals surface area contributed by atoms with Crippen LogP contribution in [0.4, 0.5) is 0 Å². The Morgan fingerprint density at radius 3 is 2.57 bits per heavy atom. The SMILES string of the molecule is CC(C)(C)S(=O)NC1(C#N)CCOC1. The number of rotatable bonds is 2. The number of hydrogen-bond acceptors (Lipinski definition) is 3. The quantitative estimate of drug-likeness (QED) is 0.740. The van der Waals surface area contributed by atoms with Crippen molar-refractivity contribution in [3.63, 3.8) is 0 Å². The van der Waals surface area contributed by atoms with Crippen LogP contribution in [0.15, 0.2) is 0 Å². The van der Waals surface area contributed by atoms with Gasteiger partial charge < -0.3 is 4.74 Å². The highest BCUT2D eigenvalue weighted by Crippen LogP contribution is 2.20. The van der Waals surface area contributed by atoms with Gasteiger partial charge in [0.2, 0.25) is 0 Å². The second-order valence-corrected chi connectivity index (χ2v) is 6.45. The van der Waals surface area contributed by atoms with Crippen LogP contribution in [0.2, 0.25) is 0 Å². The molecule has 0 aliphatic carbocycles. The first kappa shape index (κ1) is 11.6. The normalized spacial score (nSPS) is 29.9. The number of nitriles is 1. The van der Waals surface area contributed by atoms with Crippen molar-refractivity contribution in [3.8, 4) is 6.07 Å². The zero-order valence-corrected chi connectivity index (χ0v) is 9.61. The van der Waals surface area contributed by atoms with Gasteiger partial charge >= 0.3 is 0 Å². The molecule has 1 saturated heterocycles. The lowest BCUT2D eigenvalue weighted by Gasteiger charge is -2.25. The highest BCUT2D eigenvalue weighted by molar-refractivity contribution is 7.84. The molecule has 0 spiro atoms. The van der Waals surface area contributed by atoms with Crippen LogP contribution < -0.4 is 4.72 Å². The third kappa shape index (κ3) is 2.53. The maximum atomic E-state index is 11.8. The fourth-order valence-electron chi connectivity index (χ4n) is 1.09. The number of hydrogen-bond donors (Lipinski definition) is 1. The second-order valence-electron chi connectivity index (χ2n) is 4.48. The Morgan fingerprint density at radius 1 is 1.57 bits per heavy atom. The standard InChI is InChI=1S/C9H16N2O2S/c1-8(2,3)14(12)11-9(6-10)4-5-13-7-9/h11H,4-5,7H2,1-3H3. The van der Waals surface area contributed by atoms with Crippen LogP contribution in [0.5, 0.6) is 0 Å². The minimum Gasteiger partial charge on any atom is -0.378 e. The minimum atomic E-state index is -1.22. The Balaban J connectivity index is 2.67. The predicted molar refractivity (Wildman–Crippen MR) is 54.8 cm³/mol. The maximum absolute atomic E-state index is 11.8. The average molecular weight is 216 g/mol. The smallest absolute Gasteiger partial charge is 0.143 e. The van der Waals surface area contributed by atoms with Gasteiger partial charge in [-0.25, -0.2) is 8.93 Å². The molecule has 4 nitrogen and oxygen atoms in total. The predicted octanol–water partition coefficient (Wildman–Crippen LogP) is 0.721. The molecule has 0 radical (unpaired) electrons. The molecule has 0 saturated carbocycles. The van der Waals surface area contributed by atoms with Crippen LogP contribution in [0.1, 0.15) is 27.2 Å². The Morgan fingerprint density at radius 2 is 2.21 bits per heavy atom. The topological polar surface area (TPSA) is 62.1 Å². The van der Waals surface area contributed by atoms with Crippen molar-refractivity contribution >= 4 is 11.0 Å². The summed E-state index contributed by atoms with van der Waals surface area (Å²) in [5.41, 5.74) is -0.752. The molecule has 0 amide bonds. The lowest BCUT2D eigenvalue weighted by molar-refractivity contribution is 0.184. The molecule has 1 N–H and O–H groups in total. The van der Waals surface area contributed by atoms with E-state index in [1.54, 1.807) is 0 Å². The van der Waals surface area contributed by atoms with E-state index in [1.807, 2.05) is 20.8 Å². The summed E-state index contributed by atoms with van der Waals surface area (Å²) in [6, 6.07) is 2.15. The Hall–Kier alpha value is -0.440. The Kier molecular flexibility index (Phi) is 3.30. The van der Waals surface area contributed by atoms with Crippen molar-refractivity contribution in [1.29, 1.82) is 5.26 Å². The number of nitrogens with zero attached hydrogens (tertiary/aromatic N) is 1. The van der Waals surface area contributed by atoms with E-state index in [1.165, 1.54) is 0 Å². The third-order valence-electron chi connectivity index (χ3n) is 2.08. The molecule has 14 heavy (non-hydrogen) atoms. The first-order chi connectivity index (χ1) is 6.40. The molecule has 0 aromatic heterocycles. The van der Waals surface area contributed by atoms with Crippen molar-refractivity contribution in [1.82, 2.24) is 4.72 Å². The molecule has 0 aromatic rings. The molecule has 1 heterocycles. The van der Waals surface area contributed by atoms with Crippen LogP contribution in [0, 0.1) is 11.3 Å². The van der Waals surface area contributed by atoms with Gasteiger partial charge in [-0.1, -0.05) is 0 Å². The van der Waals surface area contributed by atoms with Gasteiger partial charge in [0.1, 0.15) is 5.54 Å². The summed E-state index contributed by atoms with van der Waals surface area (Å²) in [7, 11) is -1.22. The first-order valence-corrected chi connectivity index (χ1v) is 5.73. The zero-order valence-electron chi connectivity index (χ0n) is 8.79. The second kappa shape index (κ2) is 3.97. The molecule has 0 bridgehead atoms. The molecule has 2 atom stereocenters. The average Bonchev–Trinajstić information content (AvgIpc) is 2.52. The molecule has 1 fully saturated rings. The van der Waals surface area contributed by atoms with Gasteiger partial charge in [0.15, 0.2) is 0 Å². The number of ether oxygens (including phenoxy) is 1. The van der Waals surface area contributed by atoms with E-state index in [0.717, 1.165) is 0 Å². The highest BCUT2D eigenvalue weighted by Gasteiger charge is 2.38. The first-order valence-electron chi connectivity index (χ1n) is 4.58. The molecule has 1 aliphatic heterocycles. The summed E-state index contributed by atoms with van der Waals surface area (Å²) in [6.07, 6.45) is 0.602. The fraction of sp³-hybridized carbons (Fsp3) is 0.889. The fourth-order valence-corrected chi connectivity index (χ4v) is 1.95. The Bertz CT molecular complexity index is 272. The molecular weight excluding hydrogens is 200 g/mol. The van der Waals surface area contributed by atoms with E-state index >= 15 is 0 Å². The van der Waals surface area contributed by atoms with Crippen molar-refractivity contribution in [2.45, 2.75) is 37.5 Å². The van der Waals surface area contributed by atoms with Crippen molar-refractivity contribution in [3.05, 3.63) is 0 Å². The van der Waals surface area contributed by atoms with E-state index in [2.05, 4.69) is 10.8 Å². The third-order valence-corrected chi connectivity index (χ3v) is 3.77. The molecule has 0 aromatic carbocycles. The van der Waals surface area contributed by atoms with Gasteiger partial charge in [-0.15, -0.1) is 0 Å². The minimum absolute atomic E-state index is 0.325. The molecule has 2 unspecified atom stereocenters. The lowest BCUT2D eigenvalue weighted by Crippen LogP contribution is -2.49. The lowest BCUT2D eigenvalue weighted by atomic mass is 10.0. The van der Waals surface area contributed by atoms with Crippen LogP contribution >= 0.6 is 0 Å². The van der Waals surface area contributed by atoms with E-state index in [9.17, 15) is 4.21 Å². The van der Waals surface area contributed by atoms with Gasteiger partial charge in [-0.2, -0.15) is 5.26 Å². The Labute approximate surface area is 87.2 Å². The molecular formula is C9H16N2O2S. The van der Waals surface area contributed by atoms with Crippen molar-refractivity contribution < 1.29 is 8.95 Å². The van der Waals surface area contributed by atoms with Gasteiger partial charge in [-0.05, 0) is 20.8 Å².